The van der Waals surface area contributed by atoms with Crippen LogP contribution in [0.1, 0.15) is 11.1 Å². The summed E-state index contributed by atoms with van der Waals surface area (Å²) in [6.45, 7) is 0.908. The van der Waals surface area contributed by atoms with Gasteiger partial charge in [-0.15, -0.1) is 0 Å². The molecule has 0 spiro atoms. The maximum atomic E-state index is 11.8. The molecule has 0 heterocycles. The van der Waals surface area contributed by atoms with Crippen LogP contribution in [0.2, 0.25) is 0 Å². The lowest BCUT2D eigenvalue weighted by Gasteiger charge is -2.11. The Hall–Kier alpha value is -2.01. The number of hydrogen-bond donors (Lipinski definition) is 2. The van der Waals surface area contributed by atoms with Crippen LogP contribution in [0.15, 0.2) is 53.0 Å². The fraction of sp³-hybridized carbons (Fsp3) is 0.188. The van der Waals surface area contributed by atoms with Crippen LogP contribution in [-0.4, -0.2) is 13.1 Å². The number of urea groups is 1. The minimum Gasteiger partial charge on any atom is -0.496 e. The summed E-state index contributed by atoms with van der Waals surface area (Å²) >= 11 is 3.41. The zero-order valence-corrected chi connectivity index (χ0v) is 13.3. The van der Waals surface area contributed by atoms with Gasteiger partial charge in [-0.1, -0.05) is 46.3 Å². The molecule has 0 saturated carbocycles. The van der Waals surface area contributed by atoms with Gasteiger partial charge in [-0.05, 0) is 23.8 Å². The molecule has 0 aliphatic carbocycles. The van der Waals surface area contributed by atoms with Crippen molar-refractivity contribution in [3.63, 3.8) is 0 Å². The Morgan fingerprint density at radius 1 is 1.10 bits per heavy atom. The van der Waals surface area contributed by atoms with E-state index in [1.165, 1.54) is 0 Å². The summed E-state index contributed by atoms with van der Waals surface area (Å²) in [7, 11) is 1.61. The molecule has 5 heteroatoms. The summed E-state index contributed by atoms with van der Waals surface area (Å²) in [6, 6.07) is 15.3. The highest BCUT2D eigenvalue weighted by Crippen LogP contribution is 2.22. The largest absolute Gasteiger partial charge is 0.496 e. The first-order valence-corrected chi connectivity index (χ1v) is 7.36. The highest BCUT2D eigenvalue weighted by Gasteiger charge is 2.06. The molecule has 0 aliphatic rings. The van der Waals surface area contributed by atoms with E-state index in [9.17, 15) is 4.79 Å². The molecule has 0 saturated heterocycles. The molecule has 4 nitrogen and oxygen atoms in total. The van der Waals surface area contributed by atoms with E-state index < -0.39 is 0 Å². The molecule has 2 amide bonds. The van der Waals surface area contributed by atoms with Crippen LogP contribution < -0.4 is 15.4 Å². The summed E-state index contributed by atoms with van der Waals surface area (Å²) in [6.07, 6.45) is 0. The third-order valence-corrected chi connectivity index (χ3v) is 3.47. The molecule has 2 aromatic rings. The molecule has 21 heavy (non-hydrogen) atoms. The maximum Gasteiger partial charge on any atom is 0.315 e. The third kappa shape index (κ3) is 4.79. The lowest BCUT2D eigenvalue weighted by Crippen LogP contribution is -2.34. The van der Waals surface area contributed by atoms with Gasteiger partial charge in [-0.3, -0.25) is 0 Å². The van der Waals surface area contributed by atoms with Crippen molar-refractivity contribution in [1.29, 1.82) is 0 Å². The van der Waals surface area contributed by atoms with Crippen LogP contribution in [0.4, 0.5) is 4.79 Å². The van der Waals surface area contributed by atoms with Crippen LogP contribution in [0.5, 0.6) is 5.75 Å². The van der Waals surface area contributed by atoms with Gasteiger partial charge in [0.15, 0.2) is 0 Å². The Kier molecular flexibility index (Phi) is 5.63. The van der Waals surface area contributed by atoms with Crippen molar-refractivity contribution in [3.8, 4) is 5.75 Å². The minimum absolute atomic E-state index is 0.208. The third-order valence-electron chi connectivity index (χ3n) is 2.98. The fourth-order valence-electron chi connectivity index (χ4n) is 1.90. The smallest absolute Gasteiger partial charge is 0.315 e. The van der Waals surface area contributed by atoms with E-state index in [4.69, 9.17) is 4.74 Å². The van der Waals surface area contributed by atoms with Crippen molar-refractivity contribution < 1.29 is 9.53 Å². The van der Waals surface area contributed by atoms with Gasteiger partial charge >= 0.3 is 6.03 Å². The van der Waals surface area contributed by atoms with E-state index in [1.54, 1.807) is 7.11 Å². The van der Waals surface area contributed by atoms with E-state index >= 15 is 0 Å². The molecule has 0 aliphatic heterocycles. The van der Waals surface area contributed by atoms with Gasteiger partial charge in [0.25, 0.3) is 0 Å². The summed E-state index contributed by atoms with van der Waals surface area (Å²) in [5.74, 6) is 0.751. The fourth-order valence-corrected chi connectivity index (χ4v) is 2.31. The van der Waals surface area contributed by atoms with Crippen molar-refractivity contribution in [2.24, 2.45) is 0 Å². The van der Waals surface area contributed by atoms with Crippen molar-refractivity contribution in [3.05, 3.63) is 64.1 Å². The highest BCUT2D eigenvalue weighted by atomic mass is 79.9. The van der Waals surface area contributed by atoms with E-state index in [0.29, 0.717) is 13.1 Å². The number of carbonyl (C=O) groups is 1. The molecule has 110 valence electrons. The van der Waals surface area contributed by atoms with Crippen LogP contribution in [-0.2, 0) is 13.1 Å². The normalized spacial score (nSPS) is 10.0. The van der Waals surface area contributed by atoms with E-state index in [2.05, 4.69) is 26.6 Å². The topological polar surface area (TPSA) is 50.4 Å². The number of carbonyl (C=O) groups excluding carboxylic acids is 1. The first kappa shape index (κ1) is 15.4. The first-order valence-electron chi connectivity index (χ1n) is 6.57. The average Bonchev–Trinajstić information content (AvgIpc) is 2.52. The van der Waals surface area contributed by atoms with Crippen molar-refractivity contribution >= 4 is 22.0 Å². The van der Waals surface area contributed by atoms with Gasteiger partial charge in [-0.25, -0.2) is 4.79 Å². The van der Waals surface area contributed by atoms with Gasteiger partial charge in [0.05, 0.1) is 7.11 Å². The maximum absolute atomic E-state index is 11.8. The van der Waals surface area contributed by atoms with Crippen LogP contribution >= 0.6 is 15.9 Å². The number of nitrogens with one attached hydrogen (secondary N) is 2. The van der Waals surface area contributed by atoms with Gasteiger partial charge in [-0.2, -0.15) is 0 Å². The first-order chi connectivity index (χ1) is 10.2. The molecule has 0 radical (unpaired) electrons. The molecular formula is C16H17BrN2O2. The predicted molar refractivity (Wildman–Crippen MR) is 86.2 cm³/mol. The standard InChI is InChI=1S/C16H17BrN2O2/c1-21-15-8-7-14(17)9-13(15)11-19-16(20)18-10-12-5-3-2-4-6-12/h2-9H,10-11H2,1H3,(H2,18,19,20). The van der Waals surface area contributed by atoms with Crippen LogP contribution in [0, 0.1) is 0 Å². The number of methoxy groups -OCH3 is 1. The molecule has 2 aromatic carbocycles. The Morgan fingerprint density at radius 2 is 1.81 bits per heavy atom. The predicted octanol–water partition coefficient (Wildman–Crippen LogP) is 3.46. The van der Waals surface area contributed by atoms with Gasteiger partial charge in [0.1, 0.15) is 5.75 Å². The van der Waals surface area contributed by atoms with E-state index in [-0.39, 0.29) is 6.03 Å². The zero-order chi connectivity index (χ0) is 15.1. The SMILES string of the molecule is COc1ccc(Br)cc1CNC(=O)NCc1ccccc1. The molecule has 0 atom stereocenters. The number of rotatable bonds is 5. The average molecular weight is 349 g/mol. The highest BCUT2D eigenvalue weighted by molar-refractivity contribution is 9.10. The van der Waals surface area contributed by atoms with Gasteiger partial charge < -0.3 is 15.4 Å². The molecule has 2 N–H and O–H groups in total. The van der Waals surface area contributed by atoms with Crippen LogP contribution in [0.25, 0.3) is 0 Å². The molecule has 0 aromatic heterocycles. The minimum atomic E-state index is -0.208. The summed E-state index contributed by atoms with van der Waals surface area (Å²) in [5.41, 5.74) is 1.98. The second-order valence-electron chi connectivity index (χ2n) is 4.48. The zero-order valence-electron chi connectivity index (χ0n) is 11.7. The molecule has 0 unspecified atom stereocenters. The molecular weight excluding hydrogens is 332 g/mol. The van der Waals surface area contributed by atoms with Crippen LogP contribution in [0.3, 0.4) is 0 Å². The number of amides is 2. The molecule has 0 bridgehead atoms. The van der Waals surface area contributed by atoms with E-state index in [0.717, 1.165) is 21.3 Å². The quantitative estimate of drug-likeness (QED) is 0.869. The number of halogens is 1. The molecule has 2 rings (SSSR count). The van der Waals surface area contributed by atoms with Gasteiger partial charge in [0.2, 0.25) is 0 Å². The second-order valence-corrected chi connectivity index (χ2v) is 5.39. The number of ether oxygens (including phenoxy) is 1. The van der Waals surface area contributed by atoms with Crippen molar-refractivity contribution in [2.75, 3.05) is 7.11 Å². The second kappa shape index (κ2) is 7.69. The Labute approximate surface area is 132 Å². The summed E-state index contributed by atoms with van der Waals surface area (Å²) in [4.78, 5) is 11.8. The summed E-state index contributed by atoms with van der Waals surface area (Å²) < 4.78 is 6.22. The number of benzene rings is 2. The number of hydrogen-bond acceptors (Lipinski definition) is 2. The van der Waals surface area contributed by atoms with Gasteiger partial charge in [0, 0.05) is 23.1 Å². The Morgan fingerprint density at radius 3 is 2.52 bits per heavy atom. The Bertz CT molecular complexity index is 602. The van der Waals surface area contributed by atoms with E-state index in [1.807, 2.05) is 48.5 Å². The Balaban J connectivity index is 1.85. The monoisotopic (exact) mass is 348 g/mol. The molecule has 0 fully saturated rings. The summed E-state index contributed by atoms with van der Waals surface area (Å²) in [5, 5.41) is 5.64. The lowest BCUT2D eigenvalue weighted by molar-refractivity contribution is 0.240. The van der Waals surface area contributed by atoms with Crippen molar-refractivity contribution in [2.45, 2.75) is 13.1 Å². The lowest BCUT2D eigenvalue weighted by atomic mass is 10.2. The van der Waals surface area contributed by atoms with Crippen molar-refractivity contribution in [1.82, 2.24) is 10.6 Å².